The molecule has 0 N–H and O–H groups in total. The predicted octanol–water partition coefficient (Wildman–Crippen LogP) is 4.73. The molecule has 106 valence electrons. The third kappa shape index (κ3) is 2.27. The summed E-state index contributed by atoms with van der Waals surface area (Å²) in [7, 11) is 0. The van der Waals surface area contributed by atoms with Crippen molar-refractivity contribution in [3.63, 3.8) is 0 Å². The van der Waals surface area contributed by atoms with Gasteiger partial charge in [-0.05, 0) is 25.1 Å². The lowest BCUT2D eigenvalue weighted by Gasteiger charge is -2.09. The van der Waals surface area contributed by atoms with Crippen LogP contribution in [-0.4, -0.2) is 15.0 Å². The van der Waals surface area contributed by atoms with Gasteiger partial charge in [0.15, 0.2) is 5.65 Å². The fourth-order valence-corrected chi connectivity index (χ4v) is 3.23. The molecule has 4 heteroatoms. The van der Waals surface area contributed by atoms with Gasteiger partial charge in [0, 0.05) is 29.1 Å². The van der Waals surface area contributed by atoms with Crippen LogP contribution in [0.1, 0.15) is 5.56 Å². The lowest BCUT2D eigenvalue weighted by molar-refractivity contribution is 1.30. The SMILES string of the molecule is Cc1cccc(-c2ncccc2-c2cnc3ncsc3c2)c1. The van der Waals surface area contributed by atoms with Crippen LogP contribution in [0.2, 0.25) is 0 Å². The number of benzene rings is 1. The number of rotatable bonds is 2. The van der Waals surface area contributed by atoms with Gasteiger partial charge in [-0.15, -0.1) is 11.3 Å². The van der Waals surface area contributed by atoms with Gasteiger partial charge in [0.1, 0.15) is 0 Å². The molecule has 3 nitrogen and oxygen atoms in total. The summed E-state index contributed by atoms with van der Waals surface area (Å²) in [5.74, 6) is 0. The normalized spacial score (nSPS) is 11.0. The van der Waals surface area contributed by atoms with Gasteiger partial charge in [-0.3, -0.25) is 4.98 Å². The van der Waals surface area contributed by atoms with Crippen LogP contribution in [-0.2, 0) is 0 Å². The Kier molecular flexibility index (Phi) is 3.16. The van der Waals surface area contributed by atoms with E-state index in [1.165, 1.54) is 5.56 Å². The van der Waals surface area contributed by atoms with Gasteiger partial charge in [-0.2, -0.15) is 0 Å². The topological polar surface area (TPSA) is 38.7 Å². The van der Waals surface area contributed by atoms with Gasteiger partial charge < -0.3 is 0 Å². The fourth-order valence-electron chi connectivity index (χ4n) is 2.56. The average molecular weight is 303 g/mol. The average Bonchev–Trinajstić information content (AvgIpc) is 3.02. The molecule has 0 aliphatic rings. The largest absolute Gasteiger partial charge is 0.256 e. The van der Waals surface area contributed by atoms with E-state index in [-0.39, 0.29) is 0 Å². The molecule has 0 aliphatic carbocycles. The zero-order valence-electron chi connectivity index (χ0n) is 12.0. The Bertz CT molecular complexity index is 959. The Balaban J connectivity index is 1.92. The molecule has 0 amide bonds. The molecule has 1 aromatic carbocycles. The summed E-state index contributed by atoms with van der Waals surface area (Å²) in [6.45, 7) is 2.09. The first-order valence-corrected chi connectivity index (χ1v) is 7.91. The van der Waals surface area contributed by atoms with Crippen LogP contribution >= 0.6 is 11.3 Å². The van der Waals surface area contributed by atoms with Crippen molar-refractivity contribution in [1.82, 2.24) is 15.0 Å². The molecule has 0 saturated carbocycles. The van der Waals surface area contributed by atoms with Gasteiger partial charge in [0.05, 0.1) is 15.9 Å². The van der Waals surface area contributed by atoms with E-state index in [0.717, 1.165) is 32.7 Å². The minimum absolute atomic E-state index is 0.801. The van der Waals surface area contributed by atoms with Crippen molar-refractivity contribution >= 4 is 21.7 Å². The highest BCUT2D eigenvalue weighted by Gasteiger charge is 2.10. The van der Waals surface area contributed by atoms with Crippen LogP contribution in [0.4, 0.5) is 0 Å². The second kappa shape index (κ2) is 5.31. The molecular formula is C18H13N3S. The first kappa shape index (κ1) is 13.1. The number of aromatic nitrogens is 3. The zero-order valence-corrected chi connectivity index (χ0v) is 12.8. The molecule has 22 heavy (non-hydrogen) atoms. The summed E-state index contributed by atoms with van der Waals surface area (Å²) >= 11 is 1.61. The third-order valence-corrected chi connectivity index (χ3v) is 4.36. The number of pyridine rings is 2. The Morgan fingerprint density at radius 2 is 1.86 bits per heavy atom. The van der Waals surface area contributed by atoms with Crippen LogP contribution in [0.3, 0.4) is 0 Å². The minimum Gasteiger partial charge on any atom is -0.256 e. The van der Waals surface area contributed by atoms with Crippen LogP contribution in [0.15, 0.2) is 60.4 Å². The molecular weight excluding hydrogens is 290 g/mol. The Morgan fingerprint density at radius 1 is 0.909 bits per heavy atom. The second-order valence-electron chi connectivity index (χ2n) is 5.17. The van der Waals surface area contributed by atoms with Crippen molar-refractivity contribution in [2.24, 2.45) is 0 Å². The molecule has 0 atom stereocenters. The van der Waals surface area contributed by atoms with Gasteiger partial charge in [-0.25, -0.2) is 9.97 Å². The summed E-state index contributed by atoms with van der Waals surface area (Å²) < 4.78 is 1.09. The molecule has 4 rings (SSSR count). The van der Waals surface area contributed by atoms with E-state index in [1.807, 2.05) is 24.0 Å². The highest BCUT2D eigenvalue weighted by atomic mass is 32.1. The number of thiazole rings is 1. The zero-order chi connectivity index (χ0) is 14.9. The number of aryl methyl sites for hydroxylation is 1. The number of hydrogen-bond acceptors (Lipinski definition) is 4. The Morgan fingerprint density at radius 3 is 2.77 bits per heavy atom. The molecule has 3 heterocycles. The quantitative estimate of drug-likeness (QED) is 0.537. The van der Waals surface area contributed by atoms with Gasteiger partial charge >= 0.3 is 0 Å². The molecule has 0 aliphatic heterocycles. The summed E-state index contributed by atoms with van der Waals surface area (Å²) in [5, 5.41) is 0. The van der Waals surface area contributed by atoms with Crippen molar-refractivity contribution in [2.75, 3.05) is 0 Å². The van der Waals surface area contributed by atoms with E-state index in [1.54, 1.807) is 11.3 Å². The van der Waals surface area contributed by atoms with Crippen LogP contribution in [0.5, 0.6) is 0 Å². The molecule has 0 saturated heterocycles. The van der Waals surface area contributed by atoms with E-state index in [4.69, 9.17) is 0 Å². The maximum Gasteiger partial charge on any atom is 0.170 e. The highest BCUT2D eigenvalue weighted by Crippen LogP contribution is 2.32. The summed E-state index contributed by atoms with van der Waals surface area (Å²) in [6.07, 6.45) is 3.71. The molecule has 0 spiro atoms. The smallest absolute Gasteiger partial charge is 0.170 e. The van der Waals surface area contributed by atoms with Crippen molar-refractivity contribution < 1.29 is 0 Å². The van der Waals surface area contributed by atoms with Crippen molar-refractivity contribution in [3.05, 3.63) is 65.9 Å². The van der Waals surface area contributed by atoms with Crippen LogP contribution < -0.4 is 0 Å². The lowest BCUT2D eigenvalue weighted by Crippen LogP contribution is -1.90. The maximum absolute atomic E-state index is 4.59. The fraction of sp³-hybridized carbons (Fsp3) is 0.0556. The molecule has 0 unspecified atom stereocenters. The monoisotopic (exact) mass is 303 g/mol. The van der Waals surface area contributed by atoms with Crippen LogP contribution in [0, 0.1) is 6.92 Å². The van der Waals surface area contributed by atoms with Gasteiger partial charge in [0.2, 0.25) is 0 Å². The van der Waals surface area contributed by atoms with Gasteiger partial charge in [-0.1, -0.05) is 29.8 Å². The lowest BCUT2D eigenvalue weighted by atomic mass is 9.99. The Labute approximate surface area is 132 Å². The molecule has 0 fully saturated rings. The summed E-state index contributed by atoms with van der Waals surface area (Å²) in [5.41, 5.74) is 8.13. The van der Waals surface area contributed by atoms with E-state index in [9.17, 15) is 0 Å². The summed E-state index contributed by atoms with van der Waals surface area (Å²) in [4.78, 5) is 13.3. The molecule has 0 radical (unpaired) electrons. The molecule has 0 bridgehead atoms. The number of nitrogens with zero attached hydrogens (tertiary/aromatic N) is 3. The first-order valence-electron chi connectivity index (χ1n) is 7.03. The van der Waals surface area contributed by atoms with Crippen LogP contribution in [0.25, 0.3) is 32.7 Å². The predicted molar refractivity (Wildman–Crippen MR) is 90.8 cm³/mol. The number of fused-ring (bicyclic) bond motifs is 1. The molecule has 3 aromatic heterocycles. The van der Waals surface area contributed by atoms with E-state index < -0.39 is 0 Å². The van der Waals surface area contributed by atoms with E-state index in [0.29, 0.717) is 0 Å². The highest BCUT2D eigenvalue weighted by molar-refractivity contribution is 7.16. The standard InChI is InChI=1S/C18H13N3S/c1-12-4-2-5-13(8-12)17-15(6-3-7-19-17)14-9-16-18(20-10-14)21-11-22-16/h2-11H,1H3. The van der Waals surface area contributed by atoms with Crippen molar-refractivity contribution in [3.8, 4) is 22.4 Å². The van der Waals surface area contributed by atoms with Crippen molar-refractivity contribution in [2.45, 2.75) is 6.92 Å². The third-order valence-electron chi connectivity index (χ3n) is 3.60. The Hall–Kier alpha value is -2.59. The van der Waals surface area contributed by atoms with Crippen molar-refractivity contribution in [1.29, 1.82) is 0 Å². The maximum atomic E-state index is 4.59. The molecule has 4 aromatic rings. The van der Waals surface area contributed by atoms with E-state index in [2.05, 4.69) is 58.3 Å². The number of hydrogen-bond donors (Lipinski definition) is 0. The first-order chi connectivity index (χ1) is 10.8. The van der Waals surface area contributed by atoms with Gasteiger partial charge in [0.25, 0.3) is 0 Å². The summed E-state index contributed by atoms with van der Waals surface area (Å²) in [6, 6.07) is 14.6. The second-order valence-corrected chi connectivity index (χ2v) is 6.05. The van der Waals surface area contributed by atoms with E-state index >= 15 is 0 Å². The minimum atomic E-state index is 0.801.